The molecule has 0 bridgehead atoms. The number of anilines is 2. The molecule has 9 heteroatoms. The van der Waals surface area contributed by atoms with Crippen molar-refractivity contribution in [1.82, 2.24) is 9.97 Å². The van der Waals surface area contributed by atoms with Crippen LogP contribution in [0.5, 0.6) is 11.9 Å². The molecule has 194 valence electrons. The number of carbonyl (C=O) groups excluding carboxylic acids is 1. The molecule has 1 atom stereocenters. The minimum Gasteiger partial charge on any atom is -0.481 e. The Hall–Kier alpha value is -3.36. The summed E-state index contributed by atoms with van der Waals surface area (Å²) in [6, 6.07) is 8.13. The number of carboxylic acid groups (broad SMARTS) is 1. The van der Waals surface area contributed by atoms with E-state index in [9.17, 15) is 9.59 Å². The summed E-state index contributed by atoms with van der Waals surface area (Å²) in [5.74, 6) is 0.311. The minimum atomic E-state index is -0.717. The van der Waals surface area contributed by atoms with E-state index < -0.39 is 5.97 Å². The third kappa shape index (κ3) is 6.06. The number of nitrogen functional groups attached to an aromatic ring is 1. The summed E-state index contributed by atoms with van der Waals surface area (Å²) in [5.41, 5.74) is 8.31. The number of aromatic nitrogens is 2. The number of fused-ring (bicyclic) bond motifs is 1. The highest BCUT2D eigenvalue weighted by Crippen LogP contribution is 2.38. The molecule has 2 aromatic rings. The fourth-order valence-corrected chi connectivity index (χ4v) is 5.28. The van der Waals surface area contributed by atoms with Gasteiger partial charge in [0.25, 0.3) is 5.91 Å². The molecule has 1 aromatic heterocycles. The summed E-state index contributed by atoms with van der Waals surface area (Å²) in [5, 5.41) is 9.04. The molecular formula is C27H36N4O5. The molecule has 1 aliphatic carbocycles. The number of amides is 1. The Morgan fingerprint density at radius 1 is 1.17 bits per heavy atom. The van der Waals surface area contributed by atoms with Crippen LogP contribution < -0.4 is 20.1 Å². The SMILES string of the molecule is CC(C)CC(C)Oc1nc(N)c2c(n1)OCCN(c1ccc(C3CCC(CC(=O)O)CC3)cc1)C2=O. The Balaban J connectivity index is 1.46. The topological polar surface area (TPSA) is 128 Å². The Labute approximate surface area is 212 Å². The second-order valence-electron chi connectivity index (χ2n) is 10.3. The van der Waals surface area contributed by atoms with Crippen LogP contribution >= 0.6 is 0 Å². The number of rotatable bonds is 8. The fourth-order valence-electron chi connectivity index (χ4n) is 5.28. The molecule has 0 radical (unpaired) electrons. The first-order valence-corrected chi connectivity index (χ1v) is 12.8. The number of benzene rings is 1. The monoisotopic (exact) mass is 496 g/mol. The van der Waals surface area contributed by atoms with Crippen molar-refractivity contribution in [2.75, 3.05) is 23.8 Å². The van der Waals surface area contributed by atoms with Gasteiger partial charge in [0.15, 0.2) is 0 Å². The van der Waals surface area contributed by atoms with Gasteiger partial charge in [-0.05, 0) is 74.5 Å². The Bertz CT molecular complexity index is 1080. The third-order valence-corrected chi connectivity index (χ3v) is 6.99. The lowest BCUT2D eigenvalue weighted by molar-refractivity contribution is -0.138. The summed E-state index contributed by atoms with van der Waals surface area (Å²) in [4.78, 5) is 34.6. The average Bonchev–Trinajstić information content (AvgIpc) is 2.97. The van der Waals surface area contributed by atoms with Gasteiger partial charge < -0.3 is 25.2 Å². The van der Waals surface area contributed by atoms with Crippen LogP contribution in [0, 0.1) is 11.8 Å². The van der Waals surface area contributed by atoms with Crippen molar-refractivity contribution in [3.05, 3.63) is 35.4 Å². The number of nitrogens with two attached hydrogens (primary N) is 1. The standard InChI is InChI=1S/C27H36N4O5/c1-16(2)14-17(3)36-27-29-24(28)23-25(30-27)35-13-12-31(26(23)34)21-10-8-20(9-11-21)19-6-4-18(5-7-19)15-22(32)33/h8-11,16-19H,4-7,12-15H2,1-3H3,(H,32,33)(H2,28,29,30). The smallest absolute Gasteiger partial charge is 0.322 e. The van der Waals surface area contributed by atoms with E-state index in [4.69, 9.17) is 20.3 Å². The van der Waals surface area contributed by atoms with E-state index in [1.807, 2.05) is 19.1 Å². The molecule has 36 heavy (non-hydrogen) atoms. The predicted molar refractivity (Wildman–Crippen MR) is 137 cm³/mol. The summed E-state index contributed by atoms with van der Waals surface area (Å²) < 4.78 is 11.6. The van der Waals surface area contributed by atoms with Gasteiger partial charge in [0.05, 0.1) is 12.6 Å². The van der Waals surface area contributed by atoms with Crippen molar-refractivity contribution >= 4 is 23.4 Å². The number of aliphatic carboxylic acids is 1. The molecule has 1 unspecified atom stereocenters. The molecule has 4 rings (SSSR count). The quantitative estimate of drug-likeness (QED) is 0.540. The molecule has 1 amide bonds. The van der Waals surface area contributed by atoms with Gasteiger partial charge in [-0.1, -0.05) is 26.0 Å². The zero-order valence-electron chi connectivity index (χ0n) is 21.3. The van der Waals surface area contributed by atoms with Gasteiger partial charge in [-0.3, -0.25) is 9.59 Å². The first-order chi connectivity index (χ1) is 17.2. The number of hydrogen-bond donors (Lipinski definition) is 2. The van der Waals surface area contributed by atoms with Crippen LogP contribution in [0.15, 0.2) is 24.3 Å². The molecular weight excluding hydrogens is 460 g/mol. The maximum Gasteiger partial charge on any atom is 0.322 e. The zero-order valence-corrected chi connectivity index (χ0v) is 21.3. The van der Waals surface area contributed by atoms with Crippen LogP contribution in [0.2, 0.25) is 0 Å². The first-order valence-electron chi connectivity index (χ1n) is 12.8. The predicted octanol–water partition coefficient (Wildman–Crippen LogP) is 4.66. The Morgan fingerprint density at radius 3 is 2.50 bits per heavy atom. The molecule has 0 saturated heterocycles. The molecule has 0 spiro atoms. The highest BCUT2D eigenvalue weighted by Gasteiger charge is 2.31. The summed E-state index contributed by atoms with van der Waals surface area (Å²) in [6.45, 7) is 6.80. The summed E-state index contributed by atoms with van der Waals surface area (Å²) in [6.07, 6.45) is 4.82. The van der Waals surface area contributed by atoms with Crippen LogP contribution in [0.1, 0.15) is 81.1 Å². The van der Waals surface area contributed by atoms with Crippen LogP contribution in [0.4, 0.5) is 11.5 Å². The normalized spacial score (nSPS) is 20.9. The zero-order chi connectivity index (χ0) is 25.8. The summed E-state index contributed by atoms with van der Waals surface area (Å²) in [7, 11) is 0. The van der Waals surface area contributed by atoms with Crippen molar-refractivity contribution in [2.45, 2.75) is 71.3 Å². The highest BCUT2D eigenvalue weighted by atomic mass is 16.5. The van der Waals surface area contributed by atoms with Crippen LogP contribution in [0.3, 0.4) is 0 Å². The number of carboxylic acids is 1. The maximum absolute atomic E-state index is 13.4. The van der Waals surface area contributed by atoms with E-state index in [0.717, 1.165) is 37.8 Å². The van der Waals surface area contributed by atoms with Crippen molar-refractivity contribution in [3.63, 3.8) is 0 Å². The lowest BCUT2D eigenvalue weighted by Gasteiger charge is -2.28. The molecule has 3 N–H and O–H groups in total. The number of nitrogens with zero attached hydrogens (tertiary/aromatic N) is 3. The Kier molecular flexibility index (Phi) is 7.96. The largest absolute Gasteiger partial charge is 0.481 e. The lowest BCUT2D eigenvalue weighted by atomic mass is 9.77. The van der Waals surface area contributed by atoms with Gasteiger partial charge in [-0.2, -0.15) is 9.97 Å². The Morgan fingerprint density at radius 2 is 1.86 bits per heavy atom. The van der Waals surface area contributed by atoms with E-state index in [1.54, 1.807) is 4.90 Å². The van der Waals surface area contributed by atoms with Crippen molar-refractivity contribution in [3.8, 4) is 11.9 Å². The van der Waals surface area contributed by atoms with Crippen LogP contribution in [-0.4, -0.2) is 46.2 Å². The lowest BCUT2D eigenvalue weighted by Crippen LogP contribution is -2.32. The molecule has 1 saturated carbocycles. The first kappa shape index (κ1) is 25.7. The minimum absolute atomic E-state index is 0.0402. The highest BCUT2D eigenvalue weighted by molar-refractivity contribution is 6.10. The molecule has 2 aliphatic rings. The van der Waals surface area contributed by atoms with E-state index in [0.29, 0.717) is 18.4 Å². The number of carbonyl (C=O) groups is 2. The fraction of sp³-hybridized carbons (Fsp3) is 0.556. The number of ether oxygens (including phenoxy) is 2. The van der Waals surface area contributed by atoms with Gasteiger partial charge in [0.1, 0.15) is 18.0 Å². The van der Waals surface area contributed by atoms with Gasteiger partial charge >= 0.3 is 12.0 Å². The maximum atomic E-state index is 13.4. The van der Waals surface area contributed by atoms with Gasteiger partial charge in [-0.25, -0.2) is 0 Å². The average molecular weight is 497 g/mol. The van der Waals surface area contributed by atoms with Gasteiger partial charge in [0.2, 0.25) is 5.88 Å². The molecule has 1 aromatic carbocycles. The molecule has 2 heterocycles. The van der Waals surface area contributed by atoms with Crippen molar-refractivity contribution < 1.29 is 24.2 Å². The van der Waals surface area contributed by atoms with Gasteiger partial charge in [-0.15, -0.1) is 0 Å². The molecule has 1 fully saturated rings. The molecule has 9 nitrogen and oxygen atoms in total. The third-order valence-electron chi connectivity index (χ3n) is 6.99. The van der Waals surface area contributed by atoms with Crippen LogP contribution in [-0.2, 0) is 4.79 Å². The second-order valence-corrected chi connectivity index (χ2v) is 10.3. The van der Waals surface area contributed by atoms with Gasteiger partial charge in [0, 0.05) is 12.1 Å². The summed E-state index contributed by atoms with van der Waals surface area (Å²) >= 11 is 0. The van der Waals surface area contributed by atoms with E-state index in [-0.39, 0.29) is 54.2 Å². The van der Waals surface area contributed by atoms with E-state index >= 15 is 0 Å². The number of hydrogen-bond acceptors (Lipinski definition) is 7. The van der Waals surface area contributed by atoms with E-state index in [2.05, 4.69) is 35.9 Å². The molecule has 1 aliphatic heterocycles. The van der Waals surface area contributed by atoms with E-state index in [1.165, 1.54) is 5.56 Å². The second kappa shape index (κ2) is 11.1. The van der Waals surface area contributed by atoms with Crippen molar-refractivity contribution in [2.24, 2.45) is 11.8 Å². The van der Waals surface area contributed by atoms with Crippen LogP contribution in [0.25, 0.3) is 0 Å². The van der Waals surface area contributed by atoms with Crippen molar-refractivity contribution in [1.29, 1.82) is 0 Å².